The van der Waals surface area contributed by atoms with Gasteiger partial charge in [-0.3, -0.25) is 0 Å². The van der Waals surface area contributed by atoms with Gasteiger partial charge in [-0.15, -0.1) is 0 Å². The molecule has 2 aromatic carbocycles. The number of benzene rings is 2. The Labute approximate surface area is 148 Å². The minimum absolute atomic E-state index is 0.897. The van der Waals surface area contributed by atoms with Crippen molar-refractivity contribution in [2.45, 2.75) is 13.8 Å². The van der Waals surface area contributed by atoms with Crippen LogP contribution in [0.5, 0.6) is 5.75 Å². The van der Waals surface area contributed by atoms with Gasteiger partial charge in [-0.2, -0.15) is 0 Å². The van der Waals surface area contributed by atoms with Crippen LogP contribution in [-0.4, -0.2) is 23.4 Å². The van der Waals surface area contributed by atoms with Gasteiger partial charge in [0.15, 0.2) is 5.71 Å². The average Bonchev–Trinajstić information content (AvgIpc) is 2.69. The SMILES string of the molecule is CC[N+](CC)=C1C=CC(=C2C=Cc3c(ccc4ccccc34)O2)C=C1. The van der Waals surface area contributed by atoms with E-state index < -0.39 is 0 Å². The van der Waals surface area contributed by atoms with Gasteiger partial charge in [0.05, 0.1) is 0 Å². The van der Waals surface area contributed by atoms with Crippen molar-refractivity contribution in [3.63, 3.8) is 0 Å². The molecule has 2 aromatic rings. The summed E-state index contributed by atoms with van der Waals surface area (Å²) in [5, 5.41) is 2.47. The molecule has 0 aromatic heterocycles. The van der Waals surface area contributed by atoms with Gasteiger partial charge in [0.2, 0.25) is 0 Å². The molecule has 1 aliphatic heterocycles. The molecule has 124 valence electrons. The van der Waals surface area contributed by atoms with Crippen LogP contribution < -0.4 is 4.74 Å². The molecule has 1 heterocycles. The third-order valence-electron chi connectivity index (χ3n) is 4.83. The zero-order chi connectivity index (χ0) is 17.2. The standard InChI is InChI=1S/C23H22NO/c1-3-24(4-2)19-12-9-18(10-13-19)22-16-14-21-20-8-6-5-7-17(20)11-15-23(21)25-22/h5-16H,3-4H2,1-2H3/q+1. The quantitative estimate of drug-likeness (QED) is 0.697. The molecule has 0 spiro atoms. The Bertz CT molecular complexity index is 962. The van der Waals surface area contributed by atoms with E-state index in [1.807, 2.05) is 0 Å². The number of ether oxygens (including phenoxy) is 1. The number of hydrogen-bond acceptors (Lipinski definition) is 1. The summed E-state index contributed by atoms with van der Waals surface area (Å²) < 4.78 is 8.54. The third-order valence-corrected chi connectivity index (χ3v) is 4.83. The van der Waals surface area contributed by atoms with E-state index in [0.717, 1.165) is 35.7 Å². The van der Waals surface area contributed by atoms with E-state index in [1.54, 1.807) is 0 Å². The fraction of sp³-hybridized carbons (Fsp3) is 0.174. The summed E-state index contributed by atoms with van der Waals surface area (Å²) in [5.74, 6) is 1.82. The summed E-state index contributed by atoms with van der Waals surface area (Å²) in [5.41, 5.74) is 3.51. The molecule has 2 heteroatoms. The summed E-state index contributed by atoms with van der Waals surface area (Å²) in [4.78, 5) is 0. The van der Waals surface area contributed by atoms with Gasteiger partial charge >= 0.3 is 0 Å². The number of nitrogens with zero attached hydrogens (tertiary/aromatic N) is 1. The molecule has 0 bridgehead atoms. The zero-order valence-corrected chi connectivity index (χ0v) is 14.7. The predicted molar refractivity (Wildman–Crippen MR) is 105 cm³/mol. The van der Waals surface area contributed by atoms with Crippen LogP contribution >= 0.6 is 0 Å². The van der Waals surface area contributed by atoms with Gasteiger partial charge in [-0.05, 0) is 55.0 Å². The molecule has 25 heavy (non-hydrogen) atoms. The Morgan fingerprint density at radius 1 is 0.800 bits per heavy atom. The van der Waals surface area contributed by atoms with Crippen LogP contribution in [0.2, 0.25) is 0 Å². The van der Waals surface area contributed by atoms with Crippen LogP contribution in [-0.2, 0) is 0 Å². The maximum absolute atomic E-state index is 6.20. The maximum Gasteiger partial charge on any atom is 0.199 e. The van der Waals surface area contributed by atoms with Crippen molar-refractivity contribution in [2.75, 3.05) is 13.1 Å². The van der Waals surface area contributed by atoms with Gasteiger partial charge in [-0.1, -0.05) is 30.3 Å². The summed E-state index contributed by atoms with van der Waals surface area (Å²) in [6.45, 7) is 6.40. The van der Waals surface area contributed by atoms with Gasteiger partial charge in [0, 0.05) is 23.3 Å². The van der Waals surface area contributed by atoms with Crippen molar-refractivity contribution in [3.05, 3.63) is 83.7 Å². The largest absolute Gasteiger partial charge is 0.456 e. The average molecular weight is 328 g/mol. The number of fused-ring (bicyclic) bond motifs is 3. The van der Waals surface area contributed by atoms with Crippen LogP contribution in [0.1, 0.15) is 19.4 Å². The molecule has 0 saturated heterocycles. The van der Waals surface area contributed by atoms with Crippen molar-refractivity contribution >= 4 is 22.6 Å². The third kappa shape index (κ3) is 2.85. The molecule has 2 aliphatic rings. The van der Waals surface area contributed by atoms with Gasteiger partial charge in [-0.25, -0.2) is 4.58 Å². The topological polar surface area (TPSA) is 12.2 Å². The monoisotopic (exact) mass is 328 g/mol. The number of hydrogen-bond donors (Lipinski definition) is 0. The van der Waals surface area contributed by atoms with E-state index in [0.29, 0.717) is 0 Å². The Hall–Kier alpha value is -2.87. The van der Waals surface area contributed by atoms with Crippen molar-refractivity contribution in [1.82, 2.24) is 0 Å². The highest BCUT2D eigenvalue weighted by Crippen LogP contribution is 2.35. The molecule has 0 atom stereocenters. The highest BCUT2D eigenvalue weighted by molar-refractivity contribution is 6.02. The van der Waals surface area contributed by atoms with Crippen molar-refractivity contribution in [1.29, 1.82) is 0 Å². The van der Waals surface area contributed by atoms with E-state index in [1.165, 1.54) is 16.5 Å². The van der Waals surface area contributed by atoms with E-state index in [9.17, 15) is 0 Å². The van der Waals surface area contributed by atoms with Gasteiger partial charge in [0.1, 0.15) is 24.6 Å². The van der Waals surface area contributed by atoms with E-state index in [2.05, 4.69) is 91.3 Å². The van der Waals surface area contributed by atoms with Crippen LogP contribution in [0.4, 0.5) is 0 Å². The first-order valence-corrected chi connectivity index (χ1v) is 8.90. The van der Waals surface area contributed by atoms with Gasteiger partial charge < -0.3 is 4.74 Å². The summed E-state index contributed by atoms with van der Waals surface area (Å²) in [6.07, 6.45) is 12.8. The minimum atomic E-state index is 0.897. The summed E-state index contributed by atoms with van der Waals surface area (Å²) in [7, 11) is 0. The zero-order valence-electron chi connectivity index (χ0n) is 14.7. The summed E-state index contributed by atoms with van der Waals surface area (Å²) in [6, 6.07) is 12.6. The Balaban J connectivity index is 1.70. The lowest BCUT2D eigenvalue weighted by Crippen LogP contribution is -2.19. The number of rotatable bonds is 2. The second kappa shape index (κ2) is 6.56. The Kier molecular flexibility index (Phi) is 4.10. The first-order chi connectivity index (χ1) is 12.3. The van der Waals surface area contributed by atoms with Crippen molar-refractivity contribution in [3.8, 4) is 5.75 Å². The molecular weight excluding hydrogens is 306 g/mol. The van der Waals surface area contributed by atoms with E-state index in [4.69, 9.17) is 4.74 Å². The maximum atomic E-state index is 6.20. The highest BCUT2D eigenvalue weighted by atomic mass is 16.5. The first-order valence-electron chi connectivity index (χ1n) is 8.90. The molecule has 0 radical (unpaired) electrons. The molecular formula is C23H22NO+. The predicted octanol–water partition coefficient (Wildman–Crippen LogP) is 5.12. The van der Waals surface area contributed by atoms with Crippen LogP contribution in [0, 0.1) is 0 Å². The fourth-order valence-corrected chi connectivity index (χ4v) is 3.43. The molecule has 0 saturated carbocycles. The molecule has 0 amide bonds. The van der Waals surface area contributed by atoms with Crippen molar-refractivity contribution < 1.29 is 9.31 Å². The van der Waals surface area contributed by atoms with E-state index >= 15 is 0 Å². The normalized spacial score (nSPS) is 15.5. The first kappa shape index (κ1) is 15.6. The second-order valence-corrected chi connectivity index (χ2v) is 6.22. The fourth-order valence-electron chi connectivity index (χ4n) is 3.43. The lowest BCUT2D eigenvalue weighted by molar-refractivity contribution is -0.519. The van der Waals surface area contributed by atoms with Gasteiger partial charge in [0.25, 0.3) is 0 Å². The molecule has 1 aliphatic carbocycles. The molecule has 4 rings (SSSR count). The van der Waals surface area contributed by atoms with E-state index in [-0.39, 0.29) is 0 Å². The lowest BCUT2D eigenvalue weighted by atomic mass is 10.00. The minimum Gasteiger partial charge on any atom is -0.456 e. The molecule has 0 N–H and O–H groups in total. The number of allylic oxidation sites excluding steroid dienone is 6. The molecule has 2 nitrogen and oxygen atoms in total. The Morgan fingerprint density at radius 2 is 1.56 bits per heavy atom. The molecule has 0 unspecified atom stereocenters. The summed E-state index contributed by atoms with van der Waals surface area (Å²) >= 11 is 0. The second-order valence-electron chi connectivity index (χ2n) is 6.22. The molecule has 0 fully saturated rings. The lowest BCUT2D eigenvalue weighted by Gasteiger charge is -2.18. The smallest absolute Gasteiger partial charge is 0.199 e. The Morgan fingerprint density at radius 3 is 2.32 bits per heavy atom. The van der Waals surface area contributed by atoms with Crippen LogP contribution in [0.3, 0.4) is 0 Å². The van der Waals surface area contributed by atoms with Crippen LogP contribution in [0.15, 0.2) is 78.1 Å². The highest BCUT2D eigenvalue weighted by Gasteiger charge is 2.16. The van der Waals surface area contributed by atoms with Crippen LogP contribution in [0.25, 0.3) is 16.8 Å². The van der Waals surface area contributed by atoms with Crippen molar-refractivity contribution in [2.24, 2.45) is 0 Å².